The maximum atomic E-state index is 14.6. The molecule has 0 unspecified atom stereocenters. The molecule has 2 fully saturated rings. The number of hydrazine groups is 1. The van der Waals surface area contributed by atoms with Crippen LogP contribution in [0.2, 0.25) is 0 Å². The van der Waals surface area contributed by atoms with Crippen molar-refractivity contribution < 1.29 is 38.1 Å². The molecule has 346 valence electrons. The number of nitrogens with zero attached hydrogens (tertiary/aromatic N) is 6. The molecule has 0 aliphatic carbocycles. The number of cyclic esters (lactones) is 1. The highest BCUT2D eigenvalue weighted by Crippen LogP contribution is 2.42. The van der Waals surface area contributed by atoms with Gasteiger partial charge in [-0.2, -0.15) is 0 Å². The normalized spacial score (nSPS) is 20.8. The third-order valence-electron chi connectivity index (χ3n) is 12.9. The minimum Gasteiger partial charge on any atom is -0.464 e. The number of methoxy groups -OCH3 is 2. The zero-order chi connectivity index (χ0) is 46.1. The van der Waals surface area contributed by atoms with E-state index in [4.69, 9.17) is 28.9 Å². The molecular weight excluding hydrogens is 837 g/mol. The molecule has 1 aromatic carbocycles. The number of urea groups is 1. The Balaban J connectivity index is 1.28. The van der Waals surface area contributed by atoms with E-state index >= 15 is 0 Å². The van der Waals surface area contributed by atoms with Crippen LogP contribution in [0.25, 0.3) is 33.4 Å². The van der Waals surface area contributed by atoms with Crippen molar-refractivity contribution in [3.05, 3.63) is 58.2 Å². The maximum absolute atomic E-state index is 14.6. The summed E-state index contributed by atoms with van der Waals surface area (Å²) in [6.07, 6.45) is 3.22. The summed E-state index contributed by atoms with van der Waals surface area (Å²) < 4.78 is 25.1. The lowest BCUT2D eigenvalue weighted by molar-refractivity contribution is -0.155. The van der Waals surface area contributed by atoms with Gasteiger partial charge >= 0.3 is 12.0 Å². The molecule has 2 saturated heterocycles. The second-order valence-electron chi connectivity index (χ2n) is 18.6. The molecule has 4 atom stereocenters. The molecule has 3 aliphatic heterocycles. The Hall–Kier alpha value is -4.94. The third kappa shape index (κ3) is 9.27. The lowest BCUT2D eigenvalue weighted by Crippen LogP contribution is -2.68. The number of hydrogen-bond donors (Lipinski definition) is 2. The van der Waals surface area contributed by atoms with Crippen LogP contribution in [0, 0.1) is 11.3 Å². The number of hydrogen-bond acceptors (Lipinski definition) is 12. The number of carbonyl (C=O) groups excluding carboxylic acids is 4. The smallest absolute Gasteiger partial charge is 0.324 e. The first-order chi connectivity index (χ1) is 30.5. The molecule has 6 bridgehead atoms. The molecule has 17 heteroatoms. The fourth-order valence-corrected chi connectivity index (χ4v) is 10.1. The standard InChI is InChI=1S/C47H64N8O8S/c1-11-54-37-17-16-30-20-32(37)33(41(54)31-14-12-18-48-39(31)29(4)61-10)22-46(5,6)24-63-44(58)34-15-13-19-55(51-34)43(57)35(21-38-49-36(30)23-64-38)50-42(56)40(28(2)3)52(7)45(59)53(8)47(25-60-9)26-62-27-47/h12,14,16-18,20,23,28-29,34-35,40,51H,11,13,15,19,21-22,24-27H2,1-10H3,(H,50,56)/t29-,34-,35-,40-/m0/s1. The van der Waals surface area contributed by atoms with E-state index in [9.17, 15) is 19.2 Å². The minimum absolute atomic E-state index is 0.0821. The van der Waals surface area contributed by atoms with Crippen LogP contribution in [0.3, 0.4) is 0 Å². The number of aromatic nitrogens is 3. The van der Waals surface area contributed by atoms with Crippen molar-refractivity contribution in [1.82, 2.24) is 40.1 Å². The number of pyridine rings is 1. The summed E-state index contributed by atoms with van der Waals surface area (Å²) in [5.74, 6) is -1.67. The highest BCUT2D eigenvalue weighted by molar-refractivity contribution is 7.10. The van der Waals surface area contributed by atoms with Crippen molar-refractivity contribution in [3.8, 4) is 22.5 Å². The number of esters is 1. The van der Waals surface area contributed by atoms with Gasteiger partial charge < -0.3 is 38.6 Å². The van der Waals surface area contributed by atoms with Crippen molar-refractivity contribution >= 4 is 46.1 Å². The highest BCUT2D eigenvalue weighted by atomic mass is 32.1. The Bertz CT molecular complexity index is 2360. The molecule has 4 aromatic rings. The van der Waals surface area contributed by atoms with Gasteiger partial charge in [0.25, 0.3) is 5.91 Å². The summed E-state index contributed by atoms with van der Waals surface area (Å²) >= 11 is 1.41. The van der Waals surface area contributed by atoms with Gasteiger partial charge in [0.15, 0.2) is 0 Å². The van der Waals surface area contributed by atoms with Gasteiger partial charge in [0.1, 0.15) is 23.7 Å². The van der Waals surface area contributed by atoms with Crippen LogP contribution in [0.15, 0.2) is 41.9 Å². The zero-order valence-corrected chi connectivity index (χ0v) is 39.7. The van der Waals surface area contributed by atoms with Crippen molar-refractivity contribution in [1.29, 1.82) is 0 Å². The van der Waals surface area contributed by atoms with Gasteiger partial charge in [0.2, 0.25) is 5.91 Å². The molecule has 2 N–H and O–H groups in total. The average molecular weight is 901 g/mol. The maximum Gasteiger partial charge on any atom is 0.324 e. The van der Waals surface area contributed by atoms with Gasteiger partial charge in [-0.3, -0.25) is 24.4 Å². The second kappa shape index (κ2) is 19.3. The van der Waals surface area contributed by atoms with Crippen molar-refractivity contribution in [3.63, 3.8) is 0 Å². The van der Waals surface area contributed by atoms with Gasteiger partial charge in [-0.15, -0.1) is 11.3 Å². The number of carbonyl (C=O) groups is 4. The molecule has 4 amide bonds. The van der Waals surface area contributed by atoms with Crippen molar-refractivity contribution in [2.24, 2.45) is 11.3 Å². The van der Waals surface area contributed by atoms with E-state index < -0.39 is 46.9 Å². The summed E-state index contributed by atoms with van der Waals surface area (Å²) in [4.78, 5) is 69.8. The van der Waals surface area contributed by atoms with E-state index in [2.05, 4.69) is 60.3 Å². The summed E-state index contributed by atoms with van der Waals surface area (Å²) in [5, 5.41) is 8.13. The topological polar surface area (TPSA) is 170 Å². The molecule has 16 nitrogen and oxygen atoms in total. The number of amides is 4. The minimum atomic E-state index is -1.08. The number of fused-ring (bicyclic) bond motifs is 6. The molecule has 7 rings (SSSR count). The Morgan fingerprint density at radius 3 is 2.55 bits per heavy atom. The van der Waals surface area contributed by atoms with Crippen LogP contribution in [-0.2, 0) is 52.7 Å². The molecule has 0 saturated carbocycles. The Morgan fingerprint density at radius 2 is 1.88 bits per heavy atom. The average Bonchev–Trinajstić information content (AvgIpc) is 3.86. The van der Waals surface area contributed by atoms with E-state index in [1.165, 1.54) is 21.2 Å². The molecule has 3 aromatic heterocycles. The zero-order valence-electron chi connectivity index (χ0n) is 38.9. The summed E-state index contributed by atoms with van der Waals surface area (Å²) in [6, 6.07) is 7.27. The number of aryl methyl sites for hydroxylation is 1. The van der Waals surface area contributed by atoms with Crippen LogP contribution in [0.1, 0.15) is 76.8 Å². The van der Waals surface area contributed by atoms with Crippen LogP contribution >= 0.6 is 11.3 Å². The van der Waals surface area contributed by atoms with Gasteiger partial charge in [-0.25, -0.2) is 15.2 Å². The van der Waals surface area contributed by atoms with E-state index in [0.717, 1.165) is 44.7 Å². The molecule has 64 heavy (non-hydrogen) atoms. The predicted molar refractivity (Wildman–Crippen MR) is 244 cm³/mol. The monoisotopic (exact) mass is 900 g/mol. The van der Waals surface area contributed by atoms with Gasteiger partial charge in [-0.05, 0) is 68.9 Å². The first kappa shape index (κ1) is 47.0. The number of likely N-dealkylation sites (N-methyl/N-ethyl adjacent to an activating group) is 2. The number of rotatable bonds is 11. The van der Waals surface area contributed by atoms with Gasteiger partial charge in [-0.1, -0.05) is 33.8 Å². The molecule has 6 heterocycles. The Labute approximate surface area is 379 Å². The Kier molecular flexibility index (Phi) is 14.2. The Morgan fingerprint density at radius 1 is 1.11 bits per heavy atom. The highest BCUT2D eigenvalue weighted by Gasteiger charge is 2.47. The third-order valence-corrected chi connectivity index (χ3v) is 13.8. The number of ether oxygens (including phenoxy) is 4. The van der Waals surface area contributed by atoms with Gasteiger partial charge in [0.05, 0.1) is 54.6 Å². The van der Waals surface area contributed by atoms with E-state index in [-0.39, 0.29) is 37.7 Å². The van der Waals surface area contributed by atoms with Crippen LogP contribution < -0.4 is 10.7 Å². The van der Waals surface area contributed by atoms with E-state index in [1.807, 2.05) is 32.2 Å². The fraction of sp³-hybridized carbons (Fsp3) is 0.574. The number of nitrogens with one attached hydrogen (secondary N) is 2. The molecular formula is C47H64N8O8S. The lowest BCUT2D eigenvalue weighted by atomic mass is 9.84. The SMILES string of the molecule is CCn1c(-c2cccnc2[C@H](C)OC)c2c3cc(ccc31)-c1csc(n1)C[C@H](NC(=O)[C@H](C(C)C)N(C)C(=O)N(C)C1(COC)COC1)C(=O)N1CCC[C@H](N1)C(=O)OCC(C)(C)C2. The molecule has 3 aliphatic rings. The number of thiazole rings is 1. The van der Waals surface area contributed by atoms with Crippen LogP contribution in [0.5, 0.6) is 0 Å². The first-order valence-electron chi connectivity index (χ1n) is 22.2. The van der Waals surface area contributed by atoms with Crippen molar-refractivity contribution in [2.45, 2.75) is 104 Å². The summed E-state index contributed by atoms with van der Waals surface area (Å²) in [6.45, 7) is 14.1. The fourth-order valence-electron chi connectivity index (χ4n) is 9.29. The predicted octanol–water partition coefficient (Wildman–Crippen LogP) is 5.63. The summed E-state index contributed by atoms with van der Waals surface area (Å²) in [7, 11) is 6.55. The quantitative estimate of drug-likeness (QED) is 0.179. The molecule has 0 spiro atoms. The van der Waals surface area contributed by atoms with Crippen LogP contribution in [-0.4, -0.2) is 138 Å². The molecule has 0 radical (unpaired) electrons. The van der Waals surface area contributed by atoms with Crippen LogP contribution in [0.4, 0.5) is 4.79 Å². The summed E-state index contributed by atoms with van der Waals surface area (Å²) in [5.41, 5.74) is 8.65. The van der Waals surface area contributed by atoms with E-state index in [0.29, 0.717) is 50.6 Å². The largest absolute Gasteiger partial charge is 0.464 e. The van der Waals surface area contributed by atoms with E-state index in [1.54, 1.807) is 39.4 Å². The second-order valence-corrected chi connectivity index (χ2v) is 19.5. The van der Waals surface area contributed by atoms with Gasteiger partial charge in [0, 0.05) is 86.8 Å². The van der Waals surface area contributed by atoms with Crippen molar-refractivity contribution in [2.75, 3.05) is 61.3 Å². The first-order valence-corrected chi connectivity index (χ1v) is 23.1. The lowest BCUT2D eigenvalue weighted by Gasteiger charge is -2.49. The number of benzene rings is 1.